The summed E-state index contributed by atoms with van der Waals surface area (Å²) in [6.07, 6.45) is 8.31. The predicted octanol–water partition coefficient (Wildman–Crippen LogP) is 5.31. The second-order valence-electron chi connectivity index (χ2n) is 10.7. The van der Waals surface area contributed by atoms with Crippen LogP contribution < -0.4 is 15.8 Å². The molecule has 3 N–H and O–H groups in total. The molecular formula is C27H41N3O4. The molecule has 7 nitrogen and oxygen atoms in total. The molecule has 0 radical (unpaired) electrons. The van der Waals surface area contributed by atoms with Crippen LogP contribution >= 0.6 is 0 Å². The second-order valence-corrected chi connectivity index (χ2v) is 10.7. The van der Waals surface area contributed by atoms with Gasteiger partial charge in [-0.2, -0.15) is 4.99 Å². The fourth-order valence-corrected chi connectivity index (χ4v) is 4.84. The molecule has 1 heterocycles. The maximum absolute atomic E-state index is 12.7. The third-order valence-corrected chi connectivity index (χ3v) is 6.77. The Hall–Kier alpha value is -2.57. The van der Waals surface area contributed by atoms with Crippen molar-refractivity contribution in [3.63, 3.8) is 0 Å². The van der Waals surface area contributed by atoms with Crippen molar-refractivity contribution in [3.05, 3.63) is 29.3 Å². The molecule has 0 bridgehead atoms. The zero-order valence-corrected chi connectivity index (χ0v) is 21.2. The lowest BCUT2D eigenvalue weighted by molar-refractivity contribution is -0.126. The van der Waals surface area contributed by atoms with E-state index in [0.717, 1.165) is 36.5 Å². The molecular weight excluding hydrogens is 430 g/mol. The Kier molecular flexibility index (Phi) is 8.97. The molecule has 1 atom stereocenters. The van der Waals surface area contributed by atoms with Crippen LogP contribution in [0, 0.1) is 11.8 Å². The molecule has 1 aliphatic carbocycles. The van der Waals surface area contributed by atoms with E-state index in [1.807, 2.05) is 12.1 Å². The number of nitrogens with one attached hydrogen (secondary N) is 1. The van der Waals surface area contributed by atoms with Crippen LogP contribution in [0.25, 0.3) is 0 Å². The third-order valence-electron chi connectivity index (χ3n) is 6.77. The molecule has 1 unspecified atom stereocenters. The van der Waals surface area contributed by atoms with Gasteiger partial charge in [-0.3, -0.25) is 4.79 Å². The van der Waals surface area contributed by atoms with E-state index in [2.05, 4.69) is 17.2 Å². The molecule has 0 saturated heterocycles. The van der Waals surface area contributed by atoms with Gasteiger partial charge in [-0.15, -0.1) is 0 Å². The summed E-state index contributed by atoms with van der Waals surface area (Å²) in [5.74, 6) is 2.24. The summed E-state index contributed by atoms with van der Waals surface area (Å²) in [5.41, 5.74) is 7.13. The van der Waals surface area contributed by atoms with Gasteiger partial charge in [0.1, 0.15) is 17.2 Å². The van der Waals surface area contributed by atoms with Crippen LogP contribution in [-0.4, -0.2) is 36.6 Å². The van der Waals surface area contributed by atoms with Crippen molar-refractivity contribution >= 4 is 17.8 Å². The largest absolute Gasteiger partial charge is 0.493 e. The van der Waals surface area contributed by atoms with Crippen molar-refractivity contribution in [1.82, 2.24) is 5.32 Å². The highest BCUT2D eigenvalue weighted by atomic mass is 16.6. The maximum Gasteiger partial charge on any atom is 0.436 e. The van der Waals surface area contributed by atoms with Gasteiger partial charge in [-0.1, -0.05) is 26.2 Å². The van der Waals surface area contributed by atoms with Crippen LogP contribution in [0.1, 0.15) is 96.1 Å². The topological polar surface area (TPSA) is 103 Å². The Labute approximate surface area is 203 Å². The lowest BCUT2D eigenvalue weighted by Crippen LogP contribution is -2.34. The van der Waals surface area contributed by atoms with E-state index < -0.39 is 11.7 Å². The molecule has 0 spiro atoms. The minimum atomic E-state index is -0.708. The monoisotopic (exact) mass is 471 g/mol. The molecule has 1 aromatic carbocycles. The van der Waals surface area contributed by atoms with Gasteiger partial charge < -0.3 is 20.5 Å². The Morgan fingerprint density at radius 2 is 1.91 bits per heavy atom. The van der Waals surface area contributed by atoms with Gasteiger partial charge in [0.2, 0.25) is 5.91 Å². The van der Waals surface area contributed by atoms with Crippen LogP contribution in [-0.2, 0) is 9.53 Å². The number of amidine groups is 1. The number of hydrogen-bond acceptors (Lipinski definition) is 4. The fraction of sp³-hybridized carbons (Fsp3) is 0.667. The third kappa shape index (κ3) is 7.47. The van der Waals surface area contributed by atoms with Crippen molar-refractivity contribution in [3.8, 4) is 5.75 Å². The normalized spacial score (nSPS) is 22.6. The molecule has 2 aliphatic rings. The van der Waals surface area contributed by atoms with Gasteiger partial charge >= 0.3 is 6.09 Å². The smallest absolute Gasteiger partial charge is 0.436 e. The minimum Gasteiger partial charge on any atom is -0.493 e. The first-order chi connectivity index (χ1) is 16.2. The Bertz CT molecular complexity index is 882. The van der Waals surface area contributed by atoms with Crippen LogP contribution in [0.15, 0.2) is 23.2 Å². The average molecular weight is 472 g/mol. The highest BCUT2D eigenvalue weighted by Crippen LogP contribution is 2.36. The number of hydrogen-bond donors (Lipinski definition) is 2. The van der Waals surface area contributed by atoms with Crippen LogP contribution in [0.4, 0.5) is 4.79 Å². The fourth-order valence-electron chi connectivity index (χ4n) is 4.84. The van der Waals surface area contributed by atoms with Gasteiger partial charge in [0.25, 0.3) is 0 Å². The van der Waals surface area contributed by atoms with Crippen molar-refractivity contribution in [2.45, 2.75) is 90.6 Å². The number of carbonyl (C=O) groups excluding carboxylic acids is 2. The molecule has 1 aliphatic heterocycles. The number of unbranched alkanes of at least 4 members (excludes halogenated alkanes) is 1. The lowest BCUT2D eigenvalue weighted by Gasteiger charge is -2.27. The van der Waals surface area contributed by atoms with Gasteiger partial charge in [-0.05, 0) is 77.0 Å². The molecule has 1 saturated carbocycles. The quantitative estimate of drug-likeness (QED) is 0.395. The molecule has 34 heavy (non-hydrogen) atoms. The first-order valence-electron chi connectivity index (χ1n) is 12.8. The summed E-state index contributed by atoms with van der Waals surface area (Å²) in [4.78, 5) is 28.5. The van der Waals surface area contributed by atoms with Gasteiger partial charge in [-0.25, -0.2) is 4.79 Å². The molecule has 1 fully saturated rings. The van der Waals surface area contributed by atoms with E-state index in [1.54, 1.807) is 26.8 Å². The first kappa shape index (κ1) is 26.0. The van der Waals surface area contributed by atoms with E-state index >= 15 is 0 Å². The lowest BCUT2D eigenvalue weighted by atomic mass is 9.79. The number of ether oxygens (including phenoxy) is 2. The zero-order chi connectivity index (χ0) is 24.7. The molecule has 188 valence electrons. The summed E-state index contributed by atoms with van der Waals surface area (Å²) in [5, 5.41) is 3.15. The summed E-state index contributed by atoms with van der Waals surface area (Å²) in [6, 6.07) is 5.58. The summed E-state index contributed by atoms with van der Waals surface area (Å²) in [6.45, 7) is 8.77. The number of nitrogens with zero attached hydrogens (tertiary/aromatic N) is 1. The van der Waals surface area contributed by atoms with E-state index in [9.17, 15) is 9.59 Å². The minimum absolute atomic E-state index is 0.116. The standard InChI is InChI=1S/C27H41N3O4/c1-5-6-7-18-8-10-19(11-9-18)25(31)29-15-14-21-17-33-23-13-12-20(16-22(21)23)24(28)30-26(32)34-27(2,3)4/h12-13,16,18-19,21H,5-11,14-15,17H2,1-4H3,(H,29,31)(H2,28,30,32). The number of benzene rings is 1. The van der Waals surface area contributed by atoms with Crippen LogP contribution in [0.3, 0.4) is 0 Å². The van der Waals surface area contributed by atoms with Crippen molar-refractivity contribution in [1.29, 1.82) is 0 Å². The number of fused-ring (bicyclic) bond motifs is 1. The number of aliphatic imine (C=N–C) groups is 1. The van der Waals surface area contributed by atoms with E-state index in [-0.39, 0.29) is 23.6 Å². The first-order valence-corrected chi connectivity index (χ1v) is 12.8. The summed E-state index contributed by atoms with van der Waals surface area (Å²) in [7, 11) is 0. The molecule has 7 heteroatoms. The molecule has 0 aromatic heterocycles. The predicted molar refractivity (Wildman–Crippen MR) is 134 cm³/mol. The number of amides is 2. The Balaban J connectivity index is 1.50. The zero-order valence-electron chi connectivity index (χ0n) is 21.2. The van der Waals surface area contributed by atoms with Crippen molar-refractivity contribution < 1.29 is 19.1 Å². The van der Waals surface area contributed by atoms with Crippen molar-refractivity contribution in [2.24, 2.45) is 22.6 Å². The van der Waals surface area contributed by atoms with Crippen LogP contribution in [0.5, 0.6) is 5.75 Å². The number of nitrogens with two attached hydrogens (primary N) is 1. The van der Waals surface area contributed by atoms with E-state index in [0.29, 0.717) is 18.7 Å². The molecule has 1 aromatic rings. The number of rotatable bonds is 8. The summed E-state index contributed by atoms with van der Waals surface area (Å²) >= 11 is 0. The highest BCUT2D eigenvalue weighted by Gasteiger charge is 2.28. The average Bonchev–Trinajstić information content (AvgIpc) is 3.18. The highest BCUT2D eigenvalue weighted by molar-refractivity contribution is 6.03. The maximum atomic E-state index is 12.7. The van der Waals surface area contributed by atoms with E-state index in [4.69, 9.17) is 15.2 Å². The SMILES string of the molecule is CCCCC1CCC(C(=O)NCCC2COc3ccc(C(N)=NC(=O)OC(C)(C)C)cc32)CC1. The van der Waals surface area contributed by atoms with Gasteiger partial charge in [0.05, 0.1) is 6.61 Å². The van der Waals surface area contributed by atoms with Crippen LogP contribution in [0.2, 0.25) is 0 Å². The van der Waals surface area contributed by atoms with Crippen molar-refractivity contribution in [2.75, 3.05) is 13.2 Å². The van der Waals surface area contributed by atoms with Gasteiger partial charge in [0.15, 0.2) is 0 Å². The number of carbonyl (C=O) groups is 2. The second kappa shape index (κ2) is 11.7. The molecule has 3 rings (SSSR count). The van der Waals surface area contributed by atoms with Gasteiger partial charge in [0, 0.05) is 29.5 Å². The molecule has 2 amide bonds. The van der Waals surface area contributed by atoms with E-state index in [1.165, 1.54) is 32.1 Å². The Morgan fingerprint density at radius 3 is 2.59 bits per heavy atom. The summed E-state index contributed by atoms with van der Waals surface area (Å²) < 4.78 is 11.0. The Morgan fingerprint density at radius 1 is 1.18 bits per heavy atom.